The van der Waals surface area contributed by atoms with Crippen LogP contribution in [-0.2, 0) is 12.1 Å². The minimum absolute atomic E-state index is 0.0694. The molecule has 0 aliphatic carbocycles. The van der Waals surface area contributed by atoms with Gasteiger partial charge in [-0.15, -0.1) is 5.10 Å². The molecule has 1 unspecified atom stereocenters. The molecule has 0 saturated heterocycles. The molecule has 0 amide bonds. The Morgan fingerprint density at radius 2 is 1.72 bits per heavy atom. The summed E-state index contributed by atoms with van der Waals surface area (Å²) < 4.78 is 3.41. The Morgan fingerprint density at radius 3 is 2.31 bits per heavy atom. The molecule has 1 N–H and O–H groups in total. The monoisotopic (exact) mass is 431 g/mol. The van der Waals surface area contributed by atoms with Crippen LogP contribution in [0.25, 0.3) is 22.5 Å². The molecule has 8 heteroatoms. The summed E-state index contributed by atoms with van der Waals surface area (Å²) in [4.78, 5) is 13.2. The number of benzene rings is 2. The Morgan fingerprint density at radius 1 is 1.03 bits per heavy atom. The second-order valence-electron chi connectivity index (χ2n) is 9.11. The fourth-order valence-corrected chi connectivity index (χ4v) is 3.73. The van der Waals surface area contributed by atoms with E-state index in [1.807, 2.05) is 49.6 Å². The molecule has 2 aromatic carbocycles. The molecule has 166 valence electrons. The van der Waals surface area contributed by atoms with E-state index in [0.717, 1.165) is 34.5 Å². The van der Waals surface area contributed by atoms with Crippen LogP contribution in [0, 0.1) is 0 Å². The number of nitrogens with zero attached hydrogens (tertiary/aromatic N) is 6. The van der Waals surface area contributed by atoms with E-state index >= 15 is 0 Å². The zero-order valence-corrected chi connectivity index (χ0v) is 19.2. The van der Waals surface area contributed by atoms with Gasteiger partial charge < -0.3 is 0 Å². The minimum Gasteiger partial charge on any atom is -0.274 e. The van der Waals surface area contributed by atoms with Crippen molar-refractivity contribution in [1.29, 1.82) is 0 Å². The van der Waals surface area contributed by atoms with Crippen LogP contribution in [-0.4, -0.2) is 35.0 Å². The molecule has 0 aliphatic heterocycles. The summed E-state index contributed by atoms with van der Waals surface area (Å²) >= 11 is 0. The van der Waals surface area contributed by atoms with Crippen LogP contribution < -0.4 is 5.69 Å². The highest BCUT2D eigenvalue weighted by atomic mass is 16.2. The van der Waals surface area contributed by atoms with Gasteiger partial charge in [0, 0.05) is 11.5 Å². The van der Waals surface area contributed by atoms with Gasteiger partial charge >= 0.3 is 5.69 Å². The average Bonchev–Trinajstić information content (AvgIpc) is 3.43. The number of rotatable bonds is 6. The smallest absolute Gasteiger partial charge is 0.274 e. The molecular formula is C24H29N7O. The fourth-order valence-electron chi connectivity index (χ4n) is 3.73. The molecule has 0 bridgehead atoms. The van der Waals surface area contributed by atoms with Gasteiger partial charge in [0.15, 0.2) is 5.82 Å². The maximum absolute atomic E-state index is 13.2. The summed E-state index contributed by atoms with van der Waals surface area (Å²) in [5, 5.41) is 19.0. The third-order valence-electron chi connectivity index (χ3n) is 5.71. The van der Waals surface area contributed by atoms with Crippen molar-refractivity contribution < 1.29 is 0 Å². The summed E-state index contributed by atoms with van der Waals surface area (Å²) in [5.41, 5.74) is 3.64. The van der Waals surface area contributed by atoms with Crippen LogP contribution >= 0.6 is 0 Å². The highest BCUT2D eigenvalue weighted by Gasteiger charge is 2.24. The van der Waals surface area contributed by atoms with Crippen molar-refractivity contribution in [3.63, 3.8) is 0 Å². The molecule has 4 aromatic rings. The first-order chi connectivity index (χ1) is 15.3. The van der Waals surface area contributed by atoms with E-state index in [0.29, 0.717) is 12.4 Å². The zero-order valence-electron chi connectivity index (χ0n) is 19.2. The lowest BCUT2D eigenvalue weighted by molar-refractivity contribution is 0.339. The van der Waals surface area contributed by atoms with Gasteiger partial charge in [0.25, 0.3) is 0 Å². The molecule has 0 aliphatic rings. The average molecular weight is 432 g/mol. The van der Waals surface area contributed by atoms with Crippen molar-refractivity contribution in [2.75, 3.05) is 0 Å². The van der Waals surface area contributed by atoms with Gasteiger partial charge in [0.2, 0.25) is 0 Å². The van der Waals surface area contributed by atoms with Crippen molar-refractivity contribution in [1.82, 2.24) is 35.0 Å². The first-order valence-electron chi connectivity index (χ1n) is 10.9. The molecule has 32 heavy (non-hydrogen) atoms. The molecule has 0 fully saturated rings. The van der Waals surface area contributed by atoms with Gasteiger partial charge in [-0.3, -0.25) is 4.57 Å². The molecule has 0 radical (unpaired) electrons. The van der Waals surface area contributed by atoms with E-state index < -0.39 is 0 Å². The van der Waals surface area contributed by atoms with Crippen LogP contribution in [0.3, 0.4) is 0 Å². The molecule has 2 aromatic heterocycles. The standard InChI is InChI=1S/C24H29N7O/c1-6-16(2)22-27-31(24(3,4)5)23(32)30(22)15-17-11-13-18(14-12-17)19-9-7-8-10-20(19)21-25-28-29-26-21/h7-14,16H,6,15H2,1-5H3,(H,25,26,28,29). The lowest BCUT2D eigenvalue weighted by atomic mass is 9.98. The Balaban J connectivity index is 1.68. The highest BCUT2D eigenvalue weighted by molar-refractivity contribution is 5.80. The molecule has 8 nitrogen and oxygen atoms in total. The lowest BCUT2D eigenvalue weighted by Gasteiger charge is -2.17. The summed E-state index contributed by atoms with van der Waals surface area (Å²) in [5.74, 6) is 1.66. The van der Waals surface area contributed by atoms with Gasteiger partial charge in [-0.1, -0.05) is 62.4 Å². The maximum Gasteiger partial charge on any atom is 0.346 e. The number of aromatic amines is 1. The first kappa shape index (κ1) is 21.7. The van der Waals surface area contributed by atoms with Crippen LogP contribution in [0.2, 0.25) is 0 Å². The van der Waals surface area contributed by atoms with Gasteiger partial charge in [-0.2, -0.15) is 5.10 Å². The molecule has 1 atom stereocenters. The second kappa shape index (κ2) is 8.53. The van der Waals surface area contributed by atoms with Crippen molar-refractivity contribution in [2.45, 2.75) is 59.0 Å². The van der Waals surface area contributed by atoms with Gasteiger partial charge in [0.1, 0.15) is 5.82 Å². The summed E-state index contributed by atoms with van der Waals surface area (Å²) in [6.07, 6.45) is 0.923. The number of hydrogen-bond donors (Lipinski definition) is 1. The predicted molar refractivity (Wildman–Crippen MR) is 124 cm³/mol. The predicted octanol–water partition coefficient (Wildman–Crippen LogP) is 4.21. The molecule has 2 heterocycles. The maximum atomic E-state index is 13.2. The Hall–Kier alpha value is -3.55. The fraction of sp³-hybridized carbons (Fsp3) is 0.375. The third kappa shape index (κ3) is 4.12. The topological polar surface area (TPSA) is 94.3 Å². The largest absolute Gasteiger partial charge is 0.346 e. The second-order valence-corrected chi connectivity index (χ2v) is 9.11. The summed E-state index contributed by atoms with van der Waals surface area (Å²) in [7, 11) is 0. The van der Waals surface area contributed by atoms with Crippen molar-refractivity contribution in [3.8, 4) is 22.5 Å². The molecule has 4 rings (SSSR count). The van der Waals surface area contributed by atoms with Crippen molar-refractivity contribution in [2.24, 2.45) is 0 Å². The lowest BCUT2D eigenvalue weighted by Crippen LogP contribution is -2.36. The van der Waals surface area contributed by atoms with Crippen LogP contribution in [0.1, 0.15) is 58.3 Å². The van der Waals surface area contributed by atoms with Crippen LogP contribution in [0.4, 0.5) is 0 Å². The van der Waals surface area contributed by atoms with E-state index in [4.69, 9.17) is 5.10 Å². The Labute approximate surface area is 187 Å². The van der Waals surface area contributed by atoms with Gasteiger partial charge in [-0.05, 0) is 54.3 Å². The quantitative estimate of drug-likeness (QED) is 0.493. The van der Waals surface area contributed by atoms with Crippen molar-refractivity contribution in [3.05, 3.63) is 70.4 Å². The minimum atomic E-state index is -0.367. The number of nitrogens with one attached hydrogen (secondary N) is 1. The van der Waals surface area contributed by atoms with Crippen LogP contribution in [0.15, 0.2) is 53.3 Å². The number of tetrazole rings is 1. The highest BCUT2D eigenvalue weighted by Crippen LogP contribution is 2.30. The third-order valence-corrected chi connectivity index (χ3v) is 5.71. The van der Waals surface area contributed by atoms with Gasteiger partial charge in [0.05, 0.1) is 12.1 Å². The normalized spacial score (nSPS) is 12.8. The molecular weight excluding hydrogens is 402 g/mol. The first-order valence-corrected chi connectivity index (χ1v) is 10.9. The Kier molecular flexibility index (Phi) is 5.78. The van der Waals surface area contributed by atoms with Crippen molar-refractivity contribution >= 4 is 0 Å². The summed E-state index contributed by atoms with van der Waals surface area (Å²) in [6.45, 7) is 10.7. The van der Waals surface area contributed by atoms with E-state index in [1.54, 1.807) is 4.68 Å². The number of aromatic nitrogens is 7. The SMILES string of the molecule is CCC(C)c1nn(C(C)(C)C)c(=O)n1Cc1ccc(-c2ccccc2-c2nnn[nH]2)cc1. The Bertz CT molecular complexity index is 1240. The zero-order chi connectivity index (χ0) is 22.9. The van der Waals surface area contributed by atoms with E-state index in [-0.39, 0.29) is 17.1 Å². The molecule has 0 saturated carbocycles. The summed E-state index contributed by atoms with van der Waals surface area (Å²) in [6, 6.07) is 16.3. The number of hydrogen-bond acceptors (Lipinski definition) is 5. The van der Waals surface area contributed by atoms with E-state index in [2.05, 4.69) is 58.7 Å². The van der Waals surface area contributed by atoms with Gasteiger partial charge in [-0.25, -0.2) is 14.6 Å². The van der Waals surface area contributed by atoms with Crippen LogP contribution in [0.5, 0.6) is 0 Å². The molecule has 0 spiro atoms. The van der Waals surface area contributed by atoms with E-state index in [1.165, 1.54) is 0 Å². The number of H-pyrrole nitrogens is 1. The van der Waals surface area contributed by atoms with E-state index in [9.17, 15) is 4.79 Å².